The number of hydrogen-bond acceptors (Lipinski definition) is 0. The van der Waals surface area contributed by atoms with E-state index < -0.39 is 8.07 Å². The van der Waals surface area contributed by atoms with E-state index in [1.165, 1.54) is 24.9 Å². The van der Waals surface area contributed by atoms with E-state index in [0.29, 0.717) is 20.7 Å². The molecule has 0 nitrogen and oxygen atoms in total. The summed E-state index contributed by atoms with van der Waals surface area (Å²) >= 11 is 0. The lowest BCUT2D eigenvalue weighted by Gasteiger charge is -2.35. The molecule has 1 unspecified atom stereocenters. The maximum Gasteiger partial charge on any atom is 0.0535 e. The lowest BCUT2D eigenvalue weighted by molar-refractivity contribution is 0.661. The van der Waals surface area contributed by atoms with Gasteiger partial charge in [-0.1, -0.05) is 78.4 Å². The smallest absolute Gasteiger partial charge is 0.0535 e. The van der Waals surface area contributed by atoms with Crippen LogP contribution in [-0.2, 0) is 0 Å². The summed E-state index contributed by atoms with van der Waals surface area (Å²) in [5, 5.41) is 0. The molecule has 0 aliphatic carbocycles. The predicted molar refractivity (Wildman–Crippen MR) is 70.8 cm³/mol. The summed E-state index contributed by atoms with van der Waals surface area (Å²) in [5.41, 5.74) is 0.811. The first-order chi connectivity index (χ1) is 8.14. The second kappa shape index (κ2) is 7.50. The normalized spacial score (nSPS) is 17.1. The Balaban J connectivity index is 4.46. The third kappa shape index (κ3) is 4.16. The van der Waals surface area contributed by atoms with Crippen molar-refractivity contribution in [3.63, 3.8) is 0 Å². The van der Waals surface area contributed by atoms with Gasteiger partial charge in [0.15, 0.2) is 0 Å². The summed E-state index contributed by atoms with van der Waals surface area (Å²) in [4.78, 5) is 0. The molecule has 0 rings (SSSR count). The SMILES string of the molecule is [3H]CCCC(CC)[Si](C)(CCC[3H])CCC[3H]. The zero-order valence-electron chi connectivity index (χ0n) is 13.1. The monoisotopic (exact) mass is 220 g/mol. The summed E-state index contributed by atoms with van der Waals surface area (Å²) < 4.78 is 22.0. The van der Waals surface area contributed by atoms with E-state index in [1.54, 1.807) is 0 Å². The fraction of sp³-hybridized carbons (Fsp3) is 1.00. The van der Waals surface area contributed by atoms with Gasteiger partial charge in [-0.25, -0.2) is 0 Å². The fourth-order valence-corrected chi connectivity index (χ4v) is 7.20. The van der Waals surface area contributed by atoms with Crippen LogP contribution < -0.4 is 0 Å². The molecular formula is C13H30Si. The van der Waals surface area contributed by atoms with Crippen molar-refractivity contribution in [2.75, 3.05) is 0 Å². The molecule has 0 aromatic carbocycles. The van der Waals surface area contributed by atoms with Crippen LogP contribution in [0.1, 0.15) is 63.8 Å². The Labute approximate surface area is 96.7 Å². The number of hydrogen-bond donors (Lipinski definition) is 0. The second-order valence-corrected chi connectivity index (χ2v) is 9.73. The van der Waals surface area contributed by atoms with Gasteiger partial charge in [-0.05, 0) is 5.54 Å². The van der Waals surface area contributed by atoms with Crippen molar-refractivity contribution >= 4 is 8.07 Å². The van der Waals surface area contributed by atoms with Gasteiger partial charge in [-0.3, -0.25) is 0 Å². The van der Waals surface area contributed by atoms with Crippen LogP contribution in [0.15, 0.2) is 0 Å². The van der Waals surface area contributed by atoms with Gasteiger partial charge < -0.3 is 0 Å². The van der Waals surface area contributed by atoms with Crippen LogP contribution in [0.2, 0.25) is 24.2 Å². The summed E-state index contributed by atoms with van der Waals surface area (Å²) in [6.45, 7) is 6.42. The van der Waals surface area contributed by atoms with Gasteiger partial charge >= 0.3 is 0 Å². The van der Waals surface area contributed by atoms with Crippen LogP contribution in [0, 0.1) is 0 Å². The van der Waals surface area contributed by atoms with Gasteiger partial charge in [0.1, 0.15) is 0 Å². The Morgan fingerprint density at radius 1 is 1.07 bits per heavy atom. The van der Waals surface area contributed by atoms with Gasteiger partial charge in [-0.2, -0.15) is 0 Å². The van der Waals surface area contributed by atoms with Gasteiger partial charge in [-0.15, -0.1) is 0 Å². The van der Waals surface area contributed by atoms with Crippen molar-refractivity contribution in [2.24, 2.45) is 0 Å². The molecule has 0 saturated heterocycles. The average Bonchev–Trinajstić information content (AvgIpc) is 2.35. The topological polar surface area (TPSA) is 0 Å². The Morgan fingerprint density at radius 2 is 1.64 bits per heavy atom. The van der Waals surface area contributed by atoms with Crippen LogP contribution in [0.3, 0.4) is 0 Å². The highest BCUT2D eigenvalue weighted by molar-refractivity contribution is 6.80. The van der Waals surface area contributed by atoms with Crippen molar-refractivity contribution in [1.29, 1.82) is 0 Å². The number of rotatable bonds is 8. The summed E-state index contributed by atoms with van der Waals surface area (Å²) in [6, 6.07) is 2.51. The molecule has 0 saturated carbocycles. The minimum Gasteiger partial charge on any atom is -0.0689 e. The molecule has 0 radical (unpaired) electrons. The van der Waals surface area contributed by atoms with E-state index >= 15 is 0 Å². The minimum atomic E-state index is -1.28. The quantitative estimate of drug-likeness (QED) is 0.476. The van der Waals surface area contributed by atoms with Crippen molar-refractivity contribution in [1.82, 2.24) is 0 Å². The Hall–Kier alpha value is 0.217. The Kier molecular flexibility index (Phi) is 5.06. The Morgan fingerprint density at radius 3 is 2.07 bits per heavy atom. The lowest BCUT2D eigenvalue weighted by atomic mass is 10.2. The molecule has 0 aromatic rings. The first-order valence-electron chi connectivity index (χ1n) is 8.14. The molecule has 0 heterocycles. The molecule has 0 spiro atoms. The third-order valence-electron chi connectivity index (χ3n) is 3.53. The molecule has 0 aliphatic heterocycles. The molecule has 0 aromatic heterocycles. The van der Waals surface area contributed by atoms with Gasteiger partial charge in [0, 0.05) is 4.11 Å². The molecule has 14 heavy (non-hydrogen) atoms. The molecule has 0 amide bonds. The molecule has 0 aliphatic rings. The molecule has 0 N–H and O–H groups in total. The largest absolute Gasteiger partial charge is 0.0689 e. The highest BCUT2D eigenvalue weighted by Gasteiger charge is 2.32. The van der Waals surface area contributed by atoms with Crippen LogP contribution >= 0.6 is 0 Å². The van der Waals surface area contributed by atoms with Crippen molar-refractivity contribution in [3.8, 4) is 0 Å². The maximum atomic E-state index is 7.35. The summed E-state index contributed by atoms with van der Waals surface area (Å²) in [5.74, 6) is 0. The van der Waals surface area contributed by atoms with Crippen LogP contribution in [0.5, 0.6) is 0 Å². The van der Waals surface area contributed by atoms with Crippen LogP contribution in [-0.4, -0.2) is 8.07 Å². The van der Waals surface area contributed by atoms with Gasteiger partial charge in [0.05, 0.1) is 8.07 Å². The van der Waals surface area contributed by atoms with Gasteiger partial charge in [0.2, 0.25) is 0 Å². The van der Waals surface area contributed by atoms with E-state index in [1.807, 2.05) is 0 Å². The van der Waals surface area contributed by atoms with Crippen molar-refractivity contribution in [2.45, 2.75) is 83.9 Å². The van der Waals surface area contributed by atoms with E-state index in [9.17, 15) is 0 Å². The van der Waals surface area contributed by atoms with Crippen molar-refractivity contribution < 1.29 is 4.11 Å². The standard InChI is InChI=1S/C13H30Si/c1-6-10-13(9-4)14(5,11-7-2)12-8-3/h13H,6-12H2,1-5H3/i1T,2T,3T. The van der Waals surface area contributed by atoms with Crippen molar-refractivity contribution in [3.05, 3.63) is 0 Å². The fourth-order valence-electron chi connectivity index (χ4n) is 2.63. The predicted octanol–water partition coefficient (Wildman–Crippen LogP) is 5.47. The Bertz CT molecular complexity index is 168. The third-order valence-corrected chi connectivity index (χ3v) is 9.19. The van der Waals surface area contributed by atoms with Gasteiger partial charge in [0.25, 0.3) is 0 Å². The molecular weight excluding hydrogens is 184 g/mol. The highest BCUT2D eigenvalue weighted by Crippen LogP contribution is 2.37. The first kappa shape index (κ1) is 9.44. The van der Waals surface area contributed by atoms with E-state index in [2.05, 4.69) is 13.5 Å². The minimum absolute atomic E-state index is 0.553. The zero-order valence-corrected chi connectivity index (χ0v) is 11.1. The molecule has 1 atom stereocenters. The molecule has 0 fully saturated rings. The van der Waals surface area contributed by atoms with E-state index in [-0.39, 0.29) is 0 Å². The summed E-state index contributed by atoms with van der Waals surface area (Å²) in [7, 11) is -1.28. The highest BCUT2D eigenvalue weighted by atomic mass is 28.3. The van der Waals surface area contributed by atoms with E-state index in [4.69, 9.17) is 4.11 Å². The summed E-state index contributed by atoms with van der Waals surface area (Å²) in [6.07, 6.45) is 5.55. The van der Waals surface area contributed by atoms with Crippen LogP contribution in [0.25, 0.3) is 0 Å². The second-order valence-electron chi connectivity index (χ2n) is 4.61. The van der Waals surface area contributed by atoms with Crippen LogP contribution in [0.4, 0.5) is 0 Å². The first-order valence-corrected chi connectivity index (χ1v) is 9.01. The molecule has 1 heteroatoms. The zero-order chi connectivity index (χ0) is 13.1. The average molecular weight is 220 g/mol. The molecule has 86 valence electrons. The maximum absolute atomic E-state index is 7.35. The van der Waals surface area contributed by atoms with E-state index in [0.717, 1.165) is 24.8 Å². The lowest BCUT2D eigenvalue weighted by Crippen LogP contribution is -2.35. The molecule has 0 bridgehead atoms.